The number of benzene rings is 2. The van der Waals surface area contributed by atoms with E-state index < -0.39 is 0 Å². The third-order valence-corrected chi connectivity index (χ3v) is 3.93. The summed E-state index contributed by atoms with van der Waals surface area (Å²) in [6, 6.07) is 15.3. The molecule has 2 aromatic rings. The highest BCUT2D eigenvalue weighted by Gasteiger charge is 2.01. The summed E-state index contributed by atoms with van der Waals surface area (Å²) in [5, 5.41) is 3.47. The average Bonchev–Trinajstić information content (AvgIpc) is 2.39. The minimum absolute atomic E-state index is 0.711. The van der Waals surface area contributed by atoms with Gasteiger partial charge in [-0.1, -0.05) is 44.2 Å². The van der Waals surface area contributed by atoms with E-state index in [4.69, 9.17) is 0 Å². The lowest BCUT2D eigenvalue weighted by atomic mass is 10.0. The highest BCUT2D eigenvalue weighted by atomic mass is 79.9. The quantitative estimate of drug-likeness (QED) is 0.755. The molecule has 0 spiro atoms. The van der Waals surface area contributed by atoms with E-state index in [2.05, 4.69) is 84.5 Å². The Bertz CT molecular complexity index is 558. The van der Waals surface area contributed by atoms with Gasteiger partial charge in [0, 0.05) is 16.7 Å². The summed E-state index contributed by atoms with van der Waals surface area (Å²) in [5.41, 5.74) is 5.13. The Morgan fingerprint density at radius 3 is 2.25 bits per heavy atom. The number of hydrogen-bond acceptors (Lipinski definition) is 1. The van der Waals surface area contributed by atoms with Gasteiger partial charge in [0.1, 0.15) is 0 Å². The van der Waals surface area contributed by atoms with Crippen LogP contribution in [-0.4, -0.2) is 0 Å². The Labute approximate surface area is 130 Å². The van der Waals surface area contributed by atoms with Crippen molar-refractivity contribution in [1.29, 1.82) is 0 Å². The van der Waals surface area contributed by atoms with Crippen molar-refractivity contribution in [2.75, 3.05) is 5.32 Å². The molecule has 0 atom stereocenters. The first-order valence-corrected chi connectivity index (χ1v) is 7.91. The molecule has 0 amide bonds. The lowest BCUT2D eigenvalue weighted by molar-refractivity contribution is 0.647. The van der Waals surface area contributed by atoms with E-state index in [1.165, 1.54) is 16.7 Å². The number of hydrogen-bond donors (Lipinski definition) is 1. The summed E-state index contributed by atoms with van der Waals surface area (Å²) in [6.07, 6.45) is 1.15. The molecule has 20 heavy (non-hydrogen) atoms. The van der Waals surface area contributed by atoms with E-state index in [-0.39, 0.29) is 0 Å². The standard InChI is InChI=1S/C18H22BrN/c1-13(2)10-15-5-7-16(8-6-15)12-20-18-9-4-14(3)11-17(18)19/h4-9,11,13,20H,10,12H2,1-3H3. The largest absolute Gasteiger partial charge is 0.380 e. The first-order chi connectivity index (χ1) is 9.54. The summed E-state index contributed by atoms with van der Waals surface area (Å²) in [6.45, 7) is 7.46. The van der Waals surface area contributed by atoms with Crippen LogP contribution in [0.15, 0.2) is 46.9 Å². The molecular formula is C18H22BrN. The summed E-state index contributed by atoms with van der Waals surface area (Å²) in [5.74, 6) is 0.711. The van der Waals surface area contributed by atoms with Gasteiger partial charge in [0.15, 0.2) is 0 Å². The predicted octanol–water partition coefficient (Wildman–Crippen LogP) is 5.57. The van der Waals surface area contributed by atoms with Gasteiger partial charge >= 0.3 is 0 Å². The lowest BCUT2D eigenvalue weighted by Gasteiger charge is -2.10. The molecule has 1 nitrogen and oxygen atoms in total. The summed E-state index contributed by atoms with van der Waals surface area (Å²) < 4.78 is 1.12. The minimum atomic E-state index is 0.711. The molecule has 0 aliphatic rings. The summed E-state index contributed by atoms with van der Waals surface area (Å²) in [4.78, 5) is 0. The molecule has 0 heterocycles. The molecule has 2 heteroatoms. The van der Waals surface area contributed by atoms with Gasteiger partial charge < -0.3 is 5.32 Å². The van der Waals surface area contributed by atoms with Crippen LogP contribution in [-0.2, 0) is 13.0 Å². The molecule has 2 rings (SSSR count). The van der Waals surface area contributed by atoms with Crippen molar-refractivity contribution < 1.29 is 0 Å². The molecule has 1 N–H and O–H groups in total. The third kappa shape index (κ3) is 4.38. The van der Waals surface area contributed by atoms with Crippen molar-refractivity contribution in [3.63, 3.8) is 0 Å². The maximum Gasteiger partial charge on any atom is 0.0487 e. The average molecular weight is 332 g/mol. The smallest absolute Gasteiger partial charge is 0.0487 e. The van der Waals surface area contributed by atoms with Crippen LogP contribution >= 0.6 is 15.9 Å². The van der Waals surface area contributed by atoms with Crippen LogP contribution in [0, 0.1) is 12.8 Å². The maximum atomic E-state index is 3.60. The Morgan fingerprint density at radius 2 is 1.65 bits per heavy atom. The fraction of sp³-hybridized carbons (Fsp3) is 0.333. The van der Waals surface area contributed by atoms with Crippen LogP contribution in [0.5, 0.6) is 0 Å². The molecule has 0 fully saturated rings. The number of nitrogens with one attached hydrogen (secondary N) is 1. The van der Waals surface area contributed by atoms with Crippen LogP contribution in [0.25, 0.3) is 0 Å². The van der Waals surface area contributed by atoms with Crippen LogP contribution in [0.1, 0.15) is 30.5 Å². The summed E-state index contributed by atoms with van der Waals surface area (Å²) in [7, 11) is 0. The van der Waals surface area contributed by atoms with Crippen molar-refractivity contribution in [3.05, 3.63) is 63.6 Å². The van der Waals surface area contributed by atoms with Gasteiger partial charge in [-0.15, -0.1) is 0 Å². The van der Waals surface area contributed by atoms with Crippen LogP contribution < -0.4 is 5.32 Å². The van der Waals surface area contributed by atoms with Crippen LogP contribution in [0.3, 0.4) is 0 Å². The van der Waals surface area contributed by atoms with Crippen LogP contribution in [0.2, 0.25) is 0 Å². The molecule has 0 aliphatic heterocycles. The molecule has 0 aliphatic carbocycles. The Kier molecular flexibility index (Phi) is 5.24. The highest BCUT2D eigenvalue weighted by molar-refractivity contribution is 9.10. The SMILES string of the molecule is Cc1ccc(NCc2ccc(CC(C)C)cc2)c(Br)c1. The third-order valence-electron chi connectivity index (χ3n) is 3.27. The van der Waals surface area contributed by atoms with Crippen molar-refractivity contribution in [1.82, 2.24) is 0 Å². The normalized spacial score (nSPS) is 10.8. The number of aryl methyl sites for hydroxylation is 1. The second kappa shape index (κ2) is 6.94. The first-order valence-electron chi connectivity index (χ1n) is 7.12. The van der Waals surface area contributed by atoms with E-state index in [0.29, 0.717) is 5.92 Å². The number of rotatable bonds is 5. The van der Waals surface area contributed by atoms with Gasteiger partial charge in [0.05, 0.1) is 0 Å². The molecule has 0 bridgehead atoms. The number of anilines is 1. The lowest BCUT2D eigenvalue weighted by Crippen LogP contribution is -2.01. The minimum Gasteiger partial charge on any atom is -0.380 e. The second-order valence-electron chi connectivity index (χ2n) is 5.75. The monoisotopic (exact) mass is 331 g/mol. The molecule has 106 valence electrons. The Balaban J connectivity index is 1.96. The van der Waals surface area contributed by atoms with E-state index in [1.54, 1.807) is 0 Å². The van der Waals surface area contributed by atoms with E-state index in [1.807, 2.05) is 0 Å². The highest BCUT2D eigenvalue weighted by Crippen LogP contribution is 2.24. The molecule has 0 saturated carbocycles. The zero-order chi connectivity index (χ0) is 14.5. The van der Waals surface area contributed by atoms with Gasteiger partial charge in [-0.05, 0) is 64.0 Å². The van der Waals surface area contributed by atoms with E-state index in [9.17, 15) is 0 Å². The topological polar surface area (TPSA) is 12.0 Å². The van der Waals surface area contributed by atoms with Crippen molar-refractivity contribution >= 4 is 21.6 Å². The fourth-order valence-corrected chi connectivity index (χ4v) is 2.86. The van der Waals surface area contributed by atoms with Gasteiger partial charge in [0.25, 0.3) is 0 Å². The first kappa shape index (κ1) is 15.1. The fourth-order valence-electron chi connectivity index (χ4n) is 2.23. The second-order valence-corrected chi connectivity index (χ2v) is 6.61. The van der Waals surface area contributed by atoms with Gasteiger partial charge in [-0.2, -0.15) is 0 Å². The summed E-state index contributed by atoms with van der Waals surface area (Å²) >= 11 is 3.60. The zero-order valence-electron chi connectivity index (χ0n) is 12.4. The number of halogens is 1. The molecule has 0 unspecified atom stereocenters. The molecule has 0 aromatic heterocycles. The molecule has 0 saturated heterocycles. The van der Waals surface area contributed by atoms with Crippen LogP contribution in [0.4, 0.5) is 5.69 Å². The van der Waals surface area contributed by atoms with Crippen molar-refractivity contribution in [2.45, 2.75) is 33.7 Å². The molecule has 2 aromatic carbocycles. The van der Waals surface area contributed by atoms with Crippen molar-refractivity contribution in [2.24, 2.45) is 5.92 Å². The maximum absolute atomic E-state index is 3.60. The van der Waals surface area contributed by atoms with Gasteiger partial charge in [-0.3, -0.25) is 0 Å². The van der Waals surface area contributed by atoms with Gasteiger partial charge in [-0.25, -0.2) is 0 Å². The van der Waals surface area contributed by atoms with E-state index in [0.717, 1.165) is 23.1 Å². The molecular weight excluding hydrogens is 310 g/mol. The Morgan fingerprint density at radius 1 is 1.00 bits per heavy atom. The van der Waals surface area contributed by atoms with E-state index >= 15 is 0 Å². The van der Waals surface area contributed by atoms with Crippen molar-refractivity contribution in [3.8, 4) is 0 Å². The predicted molar refractivity (Wildman–Crippen MR) is 91.2 cm³/mol. The zero-order valence-corrected chi connectivity index (χ0v) is 14.0. The van der Waals surface area contributed by atoms with Gasteiger partial charge in [0.2, 0.25) is 0 Å². The molecule has 0 radical (unpaired) electrons. The Hall–Kier alpha value is -1.28.